The molecule has 1 heterocycles. The van der Waals surface area contributed by atoms with Crippen LogP contribution in [0.4, 0.5) is 0 Å². The number of nitrogens with one attached hydrogen (secondary N) is 1. The summed E-state index contributed by atoms with van der Waals surface area (Å²) in [4.78, 5) is 4.37. The molecule has 1 rings (SSSR count). The lowest BCUT2D eigenvalue weighted by atomic mass is 10.1. The van der Waals surface area contributed by atoms with Crippen LogP contribution in [0, 0.1) is 0 Å². The summed E-state index contributed by atoms with van der Waals surface area (Å²) < 4.78 is 0. The van der Waals surface area contributed by atoms with Crippen LogP contribution in [0.2, 0.25) is 0 Å². The minimum Gasteiger partial charge on any atom is -0.383 e. The monoisotopic (exact) mass is 300 g/mol. The van der Waals surface area contributed by atoms with Gasteiger partial charge in [-0.25, -0.2) is 0 Å². The maximum Gasteiger partial charge on any atom is 0.0502 e. The molecule has 0 fully saturated rings. The molecule has 0 aliphatic rings. The van der Waals surface area contributed by atoms with Crippen molar-refractivity contribution in [3.8, 4) is 0 Å². The molecule has 1 aromatic heterocycles. The highest BCUT2D eigenvalue weighted by Gasteiger charge is 2.07. The smallest absolute Gasteiger partial charge is 0.0502 e. The van der Waals surface area contributed by atoms with E-state index in [1.807, 2.05) is 37.3 Å². The van der Waals surface area contributed by atoms with Gasteiger partial charge in [0, 0.05) is 31.2 Å². The second-order valence-electron chi connectivity index (χ2n) is 4.89. The zero-order valence-electron chi connectivity index (χ0n) is 13.1. The molecule has 112 valence electrons. The SMILES string of the molecule is C=CCNC(=C)c1ccc(C(/C=C\N(C)C)=C(/C)C=C)s1. The van der Waals surface area contributed by atoms with Crippen molar-refractivity contribution in [2.24, 2.45) is 0 Å². The van der Waals surface area contributed by atoms with E-state index in [0.29, 0.717) is 0 Å². The molecule has 0 unspecified atom stereocenters. The Balaban J connectivity index is 3.06. The van der Waals surface area contributed by atoms with Gasteiger partial charge in [-0.3, -0.25) is 0 Å². The number of hydrogen-bond acceptors (Lipinski definition) is 3. The van der Waals surface area contributed by atoms with Crippen LogP contribution in [0.5, 0.6) is 0 Å². The number of allylic oxidation sites excluding steroid dienone is 4. The third-order valence-electron chi connectivity index (χ3n) is 2.90. The first-order valence-corrected chi connectivity index (χ1v) is 7.63. The molecule has 0 bridgehead atoms. The summed E-state index contributed by atoms with van der Waals surface area (Å²) in [6.45, 7) is 14.4. The lowest BCUT2D eigenvalue weighted by Crippen LogP contribution is -2.09. The topological polar surface area (TPSA) is 15.3 Å². The first-order valence-electron chi connectivity index (χ1n) is 6.81. The van der Waals surface area contributed by atoms with Crippen LogP contribution in [0.3, 0.4) is 0 Å². The molecule has 0 atom stereocenters. The number of hydrogen-bond donors (Lipinski definition) is 1. The second kappa shape index (κ2) is 8.32. The van der Waals surface area contributed by atoms with Gasteiger partial charge >= 0.3 is 0 Å². The molecule has 0 spiro atoms. The summed E-state index contributed by atoms with van der Waals surface area (Å²) >= 11 is 1.72. The largest absolute Gasteiger partial charge is 0.383 e. The van der Waals surface area contributed by atoms with Gasteiger partial charge in [-0.15, -0.1) is 17.9 Å². The zero-order chi connectivity index (χ0) is 15.8. The van der Waals surface area contributed by atoms with Gasteiger partial charge in [-0.1, -0.05) is 25.3 Å². The van der Waals surface area contributed by atoms with Crippen LogP contribution < -0.4 is 5.32 Å². The first-order chi connectivity index (χ1) is 9.99. The highest BCUT2D eigenvalue weighted by Crippen LogP contribution is 2.30. The molecule has 0 aliphatic carbocycles. The second-order valence-corrected chi connectivity index (χ2v) is 5.98. The molecule has 1 aromatic rings. The normalized spacial score (nSPS) is 12.0. The Labute approximate surface area is 132 Å². The van der Waals surface area contributed by atoms with Gasteiger partial charge in [0.1, 0.15) is 0 Å². The van der Waals surface area contributed by atoms with Gasteiger partial charge in [-0.2, -0.15) is 0 Å². The third kappa shape index (κ3) is 5.12. The van der Waals surface area contributed by atoms with Crippen LogP contribution in [0.1, 0.15) is 16.7 Å². The first kappa shape index (κ1) is 17.1. The van der Waals surface area contributed by atoms with E-state index in [1.165, 1.54) is 10.5 Å². The van der Waals surface area contributed by atoms with Crippen molar-refractivity contribution < 1.29 is 0 Å². The molecule has 1 N–H and O–H groups in total. The van der Waals surface area contributed by atoms with Crippen molar-refractivity contribution in [2.75, 3.05) is 20.6 Å². The fraction of sp³-hybridized carbons (Fsp3) is 0.222. The fourth-order valence-electron chi connectivity index (χ4n) is 1.67. The van der Waals surface area contributed by atoms with Gasteiger partial charge in [0.25, 0.3) is 0 Å². The molecule has 2 nitrogen and oxygen atoms in total. The van der Waals surface area contributed by atoms with Crippen LogP contribution in [0.25, 0.3) is 11.3 Å². The van der Waals surface area contributed by atoms with Gasteiger partial charge in [0.05, 0.1) is 4.88 Å². The Bertz CT molecular complexity index is 574. The Morgan fingerprint density at radius 3 is 2.52 bits per heavy atom. The summed E-state index contributed by atoms with van der Waals surface area (Å²) in [5.74, 6) is 0. The maximum atomic E-state index is 4.06. The molecule has 0 radical (unpaired) electrons. The summed E-state index contributed by atoms with van der Waals surface area (Å²) in [5, 5.41) is 3.23. The van der Waals surface area contributed by atoms with Gasteiger partial charge in [0.2, 0.25) is 0 Å². The van der Waals surface area contributed by atoms with Gasteiger partial charge in [-0.05, 0) is 42.5 Å². The number of rotatable bonds is 8. The van der Waals surface area contributed by atoms with E-state index in [0.717, 1.165) is 22.7 Å². The predicted molar refractivity (Wildman–Crippen MR) is 97.2 cm³/mol. The van der Waals surface area contributed by atoms with Gasteiger partial charge < -0.3 is 10.2 Å². The Kier molecular flexibility index (Phi) is 6.76. The highest BCUT2D eigenvalue weighted by molar-refractivity contribution is 7.14. The number of thiophene rings is 1. The van der Waals surface area contributed by atoms with E-state index in [9.17, 15) is 0 Å². The van der Waals surface area contributed by atoms with Crippen molar-refractivity contribution in [3.63, 3.8) is 0 Å². The van der Waals surface area contributed by atoms with E-state index in [4.69, 9.17) is 0 Å². The molecule has 0 saturated carbocycles. The molecule has 0 aliphatic heterocycles. The Hall–Kier alpha value is -2.00. The molecular weight excluding hydrogens is 276 g/mol. The van der Waals surface area contributed by atoms with Crippen molar-refractivity contribution in [2.45, 2.75) is 6.92 Å². The lowest BCUT2D eigenvalue weighted by molar-refractivity contribution is 0.564. The standard InChI is InChI=1S/C18H24N2S/c1-7-12-19-15(4)17-9-10-18(21-17)16(14(3)8-2)11-13-20(5)6/h7-11,13,19H,1-2,4,12H2,3,5-6H3/b13-11-,16-14-. The average molecular weight is 300 g/mol. The van der Waals surface area contributed by atoms with Crippen molar-refractivity contribution in [1.29, 1.82) is 0 Å². The molecule has 21 heavy (non-hydrogen) atoms. The Morgan fingerprint density at radius 2 is 1.95 bits per heavy atom. The summed E-state index contributed by atoms with van der Waals surface area (Å²) in [6, 6.07) is 4.22. The van der Waals surface area contributed by atoms with E-state index >= 15 is 0 Å². The highest BCUT2D eigenvalue weighted by atomic mass is 32.1. The van der Waals surface area contributed by atoms with Gasteiger partial charge in [0.15, 0.2) is 0 Å². The number of nitrogens with zero attached hydrogens (tertiary/aromatic N) is 1. The third-order valence-corrected chi connectivity index (χ3v) is 4.08. The Morgan fingerprint density at radius 1 is 1.29 bits per heavy atom. The van der Waals surface area contributed by atoms with E-state index in [1.54, 1.807) is 11.3 Å². The van der Waals surface area contributed by atoms with Crippen molar-refractivity contribution in [3.05, 3.63) is 71.6 Å². The average Bonchev–Trinajstić information content (AvgIpc) is 2.94. The van der Waals surface area contributed by atoms with Crippen LogP contribution in [0.15, 0.2) is 61.9 Å². The lowest BCUT2D eigenvalue weighted by Gasteiger charge is -2.07. The van der Waals surface area contributed by atoms with E-state index in [-0.39, 0.29) is 0 Å². The maximum absolute atomic E-state index is 4.06. The molecule has 0 amide bonds. The summed E-state index contributed by atoms with van der Waals surface area (Å²) in [7, 11) is 4.02. The predicted octanol–water partition coefficient (Wildman–Crippen LogP) is 4.53. The molecule has 0 aromatic carbocycles. The van der Waals surface area contributed by atoms with Crippen molar-refractivity contribution in [1.82, 2.24) is 10.2 Å². The van der Waals surface area contributed by atoms with E-state index < -0.39 is 0 Å². The molecular formula is C18H24N2S. The molecule has 3 heteroatoms. The summed E-state index contributed by atoms with van der Waals surface area (Å²) in [6.07, 6.45) is 7.88. The van der Waals surface area contributed by atoms with Crippen LogP contribution in [-0.2, 0) is 0 Å². The van der Waals surface area contributed by atoms with Crippen LogP contribution in [-0.4, -0.2) is 25.5 Å². The van der Waals surface area contributed by atoms with Crippen molar-refractivity contribution >= 4 is 22.6 Å². The zero-order valence-corrected chi connectivity index (χ0v) is 14.0. The summed E-state index contributed by atoms with van der Waals surface area (Å²) in [5.41, 5.74) is 3.27. The quantitative estimate of drug-likeness (QED) is 0.560. The van der Waals surface area contributed by atoms with E-state index in [2.05, 4.69) is 50.2 Å². The fourth-order valence-corrected chi connectivity index (χ4v) is 2.71. The minimum absolute atomic E-state index is 0.723. The minimum atomic E-state index is 0.723. The van der Waals surface area contributed by atoms with Crippen LogP contribution >= 0.6 is 11.3 Å². The molecule has 0 saturated heterocycles.